The number of thiophene rings is 2. The van der Waals surface area contributed by atoms with Crippen LogP contribution in [0.5, 0.6) is 0 Å². The van der Waals surface area contributed by atoms with Crippen LogP contribution in [0, 0.1) is 0 Å². The number of ketones is 1. The van der Waals surface area contributed by atoms with Crippen LogP contribution in [-0.4, -0.2) is 29.8 Å². The fraction of sp³-hybridized carbons (Fsp3) is 0.278. The highest BCUT2D eigenvalue weighted by Gasteiger charge is 2.27. The Morgan fingerprint density at radius 2 is 1.50 bits per heavy atom. The predicted octanol–water partition coefficient (Wildman–Crippen LogP) is 4.57. The molecule has 1 fully saturated rings. The van der Waals surface area contributed by atoms with Crippen LogP contribution in [0.1, 0.15) is 25.0 Å². The molecule has 0 bridgehead atoms. The van der Waals surface area contributed by atoms with Crippen molar-refractivity contribution in [1.82, 2.24) is 4.90 Å². The molecule has 0 unspecified atom stereocenters. The molecule has 0 N–H and O–H groups in total. The first-order valence-electron chi connectivity index (χ1n) is 7.38. The summed E-state index contributed by atoms with van der Waals surface area (Å²) in [5, 5.41) is 8.25. The molecule has 1 aliphatic heterocycles. The highest BCUT2D eigenvalue weighted by atomic mass is 32.1. The topological polar surface area (TPSA) is 20.3 Å². The molecule has 3 heterocycles. The minimum atomic E-state index is 0.189. The van der Waals surface area contributed by atoms with Gasteiger partial charge in [-0.2, -0.15) is 22.7 Å². The SMILES string of the molecule is CC(C)N1C/C(=C/c2ccsc2)C(=O)/C(=C/c2ccsc2)C1. The molecule has 114 valence electrons. The third kappa shape index (κ3) is 3.46. The van der Waals surface area contributed by atoms with Gasteiger partial charge in [-0.25, -0.2) is 0 Å². The molecule has 0 radical (unpaired) electrons. The molecule has 1 saturated heterocycles. The van der Waals surface area contributed by atoms with Crippen molar-refractivity contribution in [3.63, 3.8) is 0 Å². The zero-order chi connectivity index (χ0) is 15.5. The molecule has 0 amide bonds. The van der Waals surface area contributed by atoms with Crippen molar-refractivity contribution >= 4 is 40.6 Å². The van der Waals surface area contributed by atoms with Crippen molar-refractivity contribution in [3.05, 3.63) is 55.9 Å². The number of Topliss-reactive ketones (excluding diaryl/α,β-unsaturated/α-hetero) is 1. The summed E-state index contributed by atoms with van der Waals surface area (Å²) in [6.45, 7) is 5.82. The van der Waals surface area contributed by atoms with Gasteiger partial charge in [0, 0.05) is 30.3 Å². The standard InChI is InChI=1S/C18H19NOS2/c1-13(2)19-9-16(7-14-3-5-21-11-14)18(20)17(10-19)8-15-4-6-22-12-15/h3-8,11-13H,9-10H2,1-2H3/b16-7-,17-8+. The number of hydrogen-bond acceptors (Lipinski definition) is 4. The number of carbonyl (C=O) groups excluding carboxylic acids is 1. The van der Waals surface area contributed by atoms with Gasteiger partial charge >= 0.3 is 0 Å². The summed E-state index contributed by atoms with van der Waals surface area (Å²) in [5.41, 5.74) is 4.02. The molecule has 2 aromatic heterocycles. The molecule has 22 heavy (non-hydrogen) atoms. The summed E-state index contributed by atoms with van der Waals surface area (Å²) in [4.78, 5) is 15.1. The first-order chi connectivity index (χ1) is 10.6. The van der Waals surface area contributed by atoms with Crippen molar-refractivity contribution < 1.29 is 4.79 Å². The molecule has 0 atom stereocenters. The van der Waals surface area contributed by atoms with E-state index in [1.54, 1.807) is 22.7 Å². The molecule has 1 aliphatic rings. The lowest BCUT2D eigenvalue weighted by molar-refractivity contribution is -0.113. The minimum absolute atomic E-state index is 0.189. The van der Waals surface area contributed by atoms with E-state index in [0.717, 1.165) is 35.4 Å². The average Bonchev–Trinajstić information content (AvgIpc) is 3.16. The van der Waals surface area contributed by atoms with Crippen molar-refractivity contribution in [2.75, 3.05) is 13.1 Å². The van der Waals surface area contributed by atoms with Gasteiger partial charge in [-0.05, 0) is 70.8 Å². The Hall–Kier alpha value is -1.49. The van der Waals surface area contributed by atoms with E-state index in [1.165, 1.54) is 0 Å². The third-order valence-electron chi connectivity index (χ3n) is 3.83. The van der Waals surface area contributed by atoms with Crippen LogP contribution in [0.25, 0.3) is 12.2 Å². The van der Waals surface area contributed by atoms with E-state index < -0.39 is 0 Å². The van der Waals surface area contributed by atoms with Crippen LogP contribution in [-0.2, 0) is 4.79 Å². The zero-order valence-electron chi connectivity index (χ0n) is 12.8. The summed E-state index contributed by atoms with van der Waals surface area (Å²) in [6.07, 6.45) is 4.07. The Morgan fingerprint density at radius 1 is 1.00 bits per heavy atom. The highest BCUT2D eigenvalue weighted by molar-refractivity contribution is 7.08. The summed E-state index contributed by atoms with van der Waals surface area (Å²) < 4.78 is 0. The Morgan fingerprint density at radius 3 is 1.86 bits per heavy atom. The predicted molar refractivity (Wildman–Crippen MR) is 96.3 cm³/mol. The lowest BCUT2D eigenvalue weighted by Crippen LogP contribution is -2.41. The lowest BCUT2D eigenvalue weighted by Gasteiger charge is -2.32. The lowest BCUT2D eigenvalue weighted by atomic mass is 9.94. The van der Waals surface area contributed by atoms with Crippen LogP contribution < -0.4 is 0 Å². The first-order valence-corrected chi connectivity index (χ1v) is 9.26. The van der Waals surface area contributed by atoms with Gasteiger partial charge < -0.3 is 0 Å². The van der Waals surface area contributed by atoms with Crippen LogP contribution in [0.15, 0.2) is 44.8 Å². The van der Waals surface area contributed by atoms with E-state index in [0.29, 0.717) is 6.04 Å². The largest absolute Gasteiger partial charge is 0.292 e. The van der Waals surface area contributed by atoms with Crippen LogP contribution in [0.4, 0.5) is 0 Å². The van der Waals surface area contributed by atoms with Gasteiger partial charge in [0.15, 0.2) is 5.78 Å². The van der Waals surface area contributed by atoms with Gasteiger partial charge in [-0.1, -0.05) is 0 Å². The van der Waals surface area contributed by atoms with Crippen LogP contribution >= 0.6 is 22.7 Å². The van der Waals surface area contributed by atoms with Gasteiger partial charge in [0.05, 0.1) is 0 Å². The van der Waals surface area contributed by atoms with Crippen molar-refractivity contribution in [2.45, 2.75) is 19.9 Å². The molecule has 4 heteroatoms. The maximum absolute atomic E-state index is 12.8. The molecule has 0 aliphatic carbocycles. The Labute approximate surface area is 139 Å². The van der Waals surface area contributed by atoms with Gasteiger partial charge in [0.1, 0.15) is 0 Å². The molecule has 2 nitrogen and oxygen atoms in total. The molecule has 0 saturated carbocycles. The number of carbonyl (C=O) groups is 1. The molecular weight excluding hydrogens is 310 g/mol. The van der Waals surface area contributed by atoms with Gasteiger partial charge in [0.25, 0.3) is 0 Å². The molecule has 0 aromatic carbocycles. The number of likely N-dealkylation sites (tertiary alicyclic amines) is 1. The van der Waals surface area contributed by atoms with E-state index in [4.69, 9.17) is 0 Å². The van der Waals surface area contributed by atoms with Gasteiger partial charge in [-0.3, -0.25) is 9.69 Å². The van der Waals surface area contributed by atoms with Gasteiger partial charge in [0.2, 0.25) is 0 Å². The number of rotatable bonds is 3. The van der Waals surface area contributed by atoms with E-state index in [-0.39, 0.29) is 5.78 Å². The second-order valence-electron chi connectivity index (χ2n) is 5.78. The smallest absolute Gasteiger partial charge is 0.187 e. The normalized spacial score (nSPS) is 20.4. The van der Waals surface area contributed by atoms with E-state index in [1.807, 2.05) is 22.9 Å². The van der Waals surface area contributed by atoms with E-state index in [2.05, 4.69) is 41.6 Å². The summed E-state index contributed by atoms with van der Waals surface area (Å²) in [6, 6.07) is 4.54. The Kier molecular flexibility index (Phi) is 4.71. The Balaban J connectivity index is 1.95. The monoisotopic (exact) mass is 329 g/mol. The van der Waals surface area contributed by atoms with Crippen LogP contribution in [0.2, 0.25) is 0 Å². The number of hydrogen-bond donors (Lipinski definition) is 0. The van der Waals surface area contributed by atoms with E-state index in [9.17, 15) is 4.79 Å². The average molecular weight is 329 g/mol. The van der Waals surface area contributed by atoms with E-state index >= 15 is 0 Å². The summed E-state index contributed by atoms with van der Waals surface area (Å²) in [7, 11) is 0. The minimum Gasteiger partial charge on any atom is -0.292 e. The molecular formula is C18H19NOS2. The maximum atomic E-state index is 12.8. The van der Waals surface area contributed by atoms with Crippen molar-refractivity contribution in [2.24, 2.45) is 0 Å². The molecule has 2 aromatic rings. The first kappa shape index (κ1) is 15.4. The highest BCUT2D eigenvalue weighted by Crippen LogP contribution is 2.24. The molecule has 0 spiro atoms. The molecule has 3 rings (SSSR count). The fourth-order valence-electron chi connectivity index (χ4n) is 2.55. The maximum Gasteiger partial charge on any atom is 0.187 e. The zero-order valence-corrected chi connectivity index (χ0v) is 14.4. The Bertz CT molecular complexity index is 637. The van der Waals surface area contributed by atoms with Crippen LogP contribution in [0.3, 0.4) is 0 Å². The second-order valence-corrected chi connectivity index (χ2v) is 7.34. The number of piperidine rings is 1. The number of nitrogens with zero attached hydrogens (tertiary/aromatic N) is 1. The fourth-order valence-corrected chi connectivity index (χ4v) is 3.78. The summed E-state index contributed by atoms with van der Waals surface area (Å²) >= 11 is 3.32. The van der Waals surface area contributed by atoms with Crippen molar-refractivity contribution in [3.8, 4) is 0 Å². The second kappa shape index (κ2) is 6.73. The van der Waals surface area contributed by atoms with Crippen molar-refractivity contribution in [1.29, 1.82) is 0 Å². The quantitative estimate of drug-likeness (QED) is 0.769. The summed E-state index contributed by atoms with van der Waals surface area (Å²) in [5.74, 6) is 0.189. The van der Waals surface area contributed by atoms with Gasteiger partial charge in [-0.15, -0.1) is 0 Å². The third-order valence-corrected chi connectivity index (χ3v) is 5.23.